The maximum atomic E-state index is 13.1. The van der Waals surface area contributed by atoms with Crippen LogP contribution < -0.4 is 9.62 Å². The van der Waals surface area contributed by atoms with Crippen LogP contribution in [0, 0.1) is 5.82 Å². The predicted octanol–water partition coefficient (Wildman–Crippen LogP) is 2.16. The number of carbonyl (C=O) groups is 1. The molecule has 0 heterocycles. The van der Waals surface area contributed by atoms with Gasteiger partial charge in [0.1, 0.15) is 12.4 Å². The second-order valence-corrected chi connectivity index (χ2v) is 6.89. The highest BCUT2D eigenvalue weighted by atomic mass is 35.5. The summed E-state index contributed by atoms with van der Waals surface area (Å²) in [6.45, 7) is 2.09. The Morgan fingerprint density at radius 1 is 1.43 bits per heavy atom. The van der Waals surface area contributed by atoms with Gasteiger partial charge in [-0.15, -0.1) is 0 Å². The molecule has 8 heteroatoms. The van der Waals surface area contributed by atoms with E-state index in [1.165, 1.54) is 12.1 Å². The zero-order valence-electron chi connectivity index (χ0n) is 11.9. The summed E-state index contributed by atoms with van der Waals surface area (Å²) < 4.78 is 37.6. The molecule has 5 nitrogen and oxygen atoms in total. The van der Waals surface area contributed by atoms with Crippen LogP contribution in [-0.2, 0) is 14.8 Å². The summed E-state index contributed by atoms with van der Waals surface area (Å²) in [5.74, 6) is -1.07. The van der Waals surface area contributed by atoms with Gasteiger partial charge in [-0.2, -0.15) is 0 Å². The Hall–Kier alpha value is -1.34. The van der Waals surface area contributed by atoms with Crippen LogP contribution in [0.3, 0.4) is 0 Å². The highest BCUT2D eigenvalue weighted by Crippen LogP contribution is 2.24. The highest BCUT2D eigenvalue weighted by Gasteiger charge is 2.21. The van der Waals surface area contributed by atoms with E-state index in [0.717, 1.165) is 29.5 Å². The van der Waals surface area contributed by atoms with E-state index in [9.17, 15) is 17.6 Å². The quantitative estimate of drug-likeness (QED) is 0.776. The zero-order chi connectivity index (χ0) is 16.0. The molecule has 0 aliphatic heterocycles. The van der Waals surface area contributed by atoms with Crippen molar-refractivity contribution < 1.29 is 17.6 Å². The molecule has 0 aromatic heterocycles. The number of amides is 1. The standard InChI is InChI=1S/C13H18ClFN2O3S/c1-3-4-7-16-13(18)9-17(21(2,19)20)10-5-6-12(15)11(14)8-10/h5-6,8H,3-4,7,9H2,1-2H3,(H,16,18). The van der Waals surface area contributed by atoms with Gasteiger partial charge >= 0.3 is 0 Å². The van der Waals surface area contributed by atoms with Crippen LogP contribution in [0.2, 0.25) is 5.02 Å². The molecule has 1 amide bonds. The van der Waals surface area contributed by atoms with Crippen molar-refractivity contribution >= 4 is 33.2 Å². The first kappa shape index (κ1) is 17.7. The van der Waals surface area contributed by atoms with Crippen LogP contribution in [-0.4, -0.2) is 33.7 Å². The summed E-state index contributed by atoms with van der Waals surface area (Å²) in [6.07, 6.45) is 2.71. The molecular weight excluding hydrogens is 319 g/mol. The normalized spacial score (nSPS) is 11.2. The maximum Gasteiger partial charge on any atom is 0.240 e. The van der Waals surface area contributed by atoms with Crippen molar-refractivity contribution in [3.8, 4) is 0 Å². The van der Waals surface area contributed by atoms with Crippen molar-refractivity contribution in [3.05, 3.63) is 29.0 Å². The molecule has 0 aliphatic carbocycles. The van der Waals surface area contributed by atoms with Crippen LogP contribution in [0.25, 0.3) is 0 Å². The van der Waals surface area contributed by atoms with Crippen molar-refractivity contribution in [2.75, 3.05) is 23.7 Å². The minimum absolute atomic E-state index is 0.148. The van der Waals surface area contributed by atoms with Gasteiger partial charge in [0.05, 0.1) is 17.0 Å². The van der Waals surface area contributed by atoms with Gasteiger partial charge in [0.15, 0.2) is 0 Å². The number of hydrogen-bond acceptors (Lipinski definition) is 3. The van der Waals surface area contributed by atoms with E-state index in [0.29, 0.717) is 6.54 Å². The van der Waals surface area contributed by atoms with Crippen molar-refractivity contribution in [1.82, 2.24) is 5.32 Å². The fraction of sp³-hybridized carbons (Fsp3) is 0.462. The molecule has 0 unspecified atom stereocenters. The monoisotopic (exact) mass is 336 g/mol. The first-order valence-electron chi connectivity index (χ1n) is 6.45. The number of unbranched alkanes of at least 4 members (excludes halogenated alkanes) is 1. The summed E-state index contributed by atoms with van der Waals surface area (Å²) in [5, 5.41) is 2.43. The second kappa shape index (κ2) is 7.61. The molecule has 0 radical (unpaired) electrons. The number of hydrogen-bond donors (Lipinski definition) is 1. The third kappa shape index (κ3) is 5.51. The van der Waals surface area contributed by atoms with E-state index >= 15 is 0 Å². The minimum atomic E-state index is -3.68. The SMILES string of the molecule is CCCCNC(=O)CN(c1ccc(F)c(Cl)c1)S(C)(=O)=O. The Kier molecular flexibility index (Phi) is 6.42. The molecule has 0 fully saturated rings. The summed E-state index contributed by atoms with van der Waals surface area (Å²) in [5.41, 5.74) is 0.148. The molecule has 0 saturated carbocycles. The Balaban J connectivity index is 2.92. The van der Waals surface area contributed by atoms with Crippen molar-refractivity contribution in [2.45, 2.75) is 19.8 Å². The van der Waals surface area contributed by atoms with Gasteiger partial charge in [-0.1, -0.05) is 24.9 Å². The number of carbonyl (C=O) groups excluding carboxylic acids is 1. The molecule has 1 aromatic rings. The third-order valence-corrected chi connectivity index (χ3v) is 4.16. The fourth-order valence-electron chi connectivity index (χ4n) is 1.63. The number of rotatable bonds is 7. The average Bonchev–Trinajstić information content (AvgIpc) is 2.38. The lowest BCUT2D eigenvalue weighted by Gasteiger charge is -2.22. The summed E-state index contributed by atoms with van der Waals surface area (Å²) in [7, 11) is -3.68. The molecule has 0 bridgehead atoms. The molecular formula is C13H18ClFN2O3S. The van der Waals surface area contributed by atoms with E-state index in [2.05, 4.69) is 5.32 Å². The second-order valence-electron chi connectivity index (χ2n) is 4.57. The lowest BCUT2D eigenvalue weighted by molar-refractivity contribution is -0.119. The Morgan fingerprint density at radius 3 is 2.62 bits per heavy atom. The summed E-state index contributed by atoms with van der Waals surface area (Å²) >= 11 is 5.65. The van der Waals surface area contributed by atoms with Gasteiger partial charge in [-0.3, -0.25) is 9.10 Å². The van der Waals surface area contributed by atoms with Crippen LogP contribution in [0.15, 0.2) is 18.2 Å². The van der Waals surface area contributed by atoms with Crippen LogP contribution in [0.5, 0.6) is 0 Å². The molecule has 0 atom stereocenters. The summed E-state index contributed by atoms with van der Waals surface area (Å²) in [4.78, 5) is 11.8. The number of nitrogens with one attached hydrogen (secondary N) is 1. The number of sulfonamides is 1. The molecule has 1 aromatic carbocycles. The van der Waals surface area contributed by atoms with E-state index in [-0.39, 0.29) is 17.3 Å². The average molecular weight is 337 g/mol. The van der Waals surface area contributed by atoms with E-state index in [1.807, 2.05) is 6.92 Å². The lowest BCUT2D eigenvalue weighted by Crippen LogP contribution is -2.40. The molecule has 1 N–H and O–H groups in total. The molecule has 21 heavy (non-hydrogen) atoms. The first-order chi connectivity index (χ1) is 9.75. The maximum absolute atomic E-state index is 13.1. The molecule has 0 saturated heterocycles. The van der Waals surface area contributed by atoms with Gasteiger partial charge in [0, 0.05) is 6.54 Å². The zero-order valence-corrected chi connectivity index (χ0v) is 13.5. The van der Waals surface area contributed by atoms with Crippen LogP contribution >= 0.6 is 11.6 Å². The van der Waals surface area contributed by atoms with E-state index in [1.54, 1.807) is 0 Å². The molecule has 1 rings (SSSR count). The van der Waals surface area contributed by atoms with Gasteiger partial charge in [0.25, 0.3) is 0 Å². The Morgan fingerprint density at radius 2 is 2.10 bits per heavy atom. The fourth-order valence-corrected chi connectivity index (χ4v) is 2.65. The number of halogens is 2. The lowest BCUT2D eigenvalue weighted by atomic mass is 10.3. The number of benzene rings is 1. The topological polar surface area (TPSA) is 66.5 Å². The molecule has 0 aliphatic rings. The molecule has 118 valence electrons. The van der Waals surface area contributed by atoms with Gasteiger partial charge in [0.2, 0.25) is 15.9 Å². The Labute approximate surface area is 129 Å². The van der Waals surface area contributed by atoms with Crippen LogP contribution in [0.1, 0.15) is 19.8 Å². The number of nitrogens with zero attached hydrogens (tertiary/aromatic N) is 1. The Bertz CT molecular complexity index is 607. The van der Waals surface area contributed by atoms with E-state index in [4.69, 9.17) is 11.6 Å². The largest absolute Gasteiger partial charge is 0.355 e. The molecule has 0 spiro atoms. The number of anilines is 1. The van der Waals surface area contributed by atoms with Crippen molar-refractivity contribution in [1.29, 1.82) is 0 Å². The predicted molar refractivity (Wildman–Crippen MR) is 81.5 cm³/mol. The summed E-state index contributed by atoms with van der Waals surface area (Å²) in [6, 6.07) is 3.50. The van der Waals surface area contributed by atoms with Crippen molar-refractivity contribution in [2.24, 2.45) is 0 Å². The smallest absolute Gasteiger partial charge is 0.240 e. The highest BCUT2D eigenvalue weighted by molar-refractivity contribution is 7.92. The third-order valence-electron chi connectivity index (χ3n) is 2.73. The van der Waals surface area contributed by atoms with Gasteiger partial charge < -0.3 is 5.32 Å². The minimum Gasteiger partial charge on any atom is -0.355 e. The van der Waals surface area contributed by atoms with Crippen LogP contribution in [0.4, 0.5) is 10.1 Å². The van der Waals surface area contributed by atoms with Gasteiger partial charge in [-0.05, 0) is 24.6 Å². The van der Waals surface area contributed by atoms with Gasteiger partial charge in [-0.25, -0.2) is 12.8 Å². The first-order valence-corrected chi connectivity index (χ1v) is 8.67. The van der Waals surface area contributed by atoms with E-state index < -0.39 is 21.7 Å². The van der Waals surface area contributed by atoms with Crippen molar-refractivity contribution in [3.63, 3.8) is 0 Å².